The molecule has 0 bridgehead atoms. The van der Waals surface area contributed by atoms with Crippen LogP contribution in [0.5, 0.6) is 0 Å². The van der Waals surface area contributed by atoms with Crippen molar-refractivity contribution in [3.63, 3.8) is 0 Å². The fourth-order valence-corrected chi connectivity index (χ4v) is 1.61. The fraction of sp³-hybridized carbons (Fsp3) is 0.167. The lowest BCUT2D eigenvalue weighted by Gasteiger charge is -2.23. The predicted molar refractivity (Wildman–Crippen MR) is 59.4 cm³/mol. The van der Waals surface area contributed by atoms with E-state index in [0.29, 0.717) is 11.1 Å². The molecule has 0 aliphatic heterocycles. The third-order valence-electron chi connectivity index (χ3n) is 2.53. The van der Waals surface area contributed by atoms with Gasteiger partial charge in [-0.15, -0.1) is 0 Å². The second-order valence-corrected chi connectivity index (χ2v) is 3.50. The highest BCUT2D eigenvalue weighted by atomic mass is 19.1. The molecule has 0 fully saturated rings. The van der Waals surface area contributed by atoms with E-state index in [9.17, 15) is 4.39 Å². The smallest absolute Gasteiger partial charge is 0.176 e. The van der Waals surface area contributed by atoms with Crippen LogP contribution in [-0.4, -0.2) is 16.5 Å². The highest BCUT2D eigenvalue weighted by molar-refractivity contribution is 5.33. The fourth-order valence-electron chi connectivity index (χ4n) is 1.61. The van der Waals surface area contributed by atoms with Crippen molar-refractivity contribution in [2.75, 3.05) is 6.54 Å². The molecule has 1 unspecified atom stereocenters. The van der Waals surface area contributed by atoms with Crippen LogP contribution in [0.3, 0.4) is 0 Å². The van der Waals surface area contributed by atoms with Crippen LogP contribution in [0.15, 0.2) is 49.1 Å². The minimum absolute atomic E-state index is 0.135. The van der Waals surface area contributed by atoms with Crippen LogP contribution < -0.4 is 5.73 Å². The third kappa shape index (κ3) is 1.79. The van der Waals surface area contributed by atoms with Gasteiger partial charge in [0.05, 0.1) is 0 Å². The van der Waals surface area contributed by atoms with Crippen LogP contribution in [0, 0.1) is 0 Å². The monoisotopic (exact) mass is 217 g/mol. The number of alkyl halides is 1. The van der Waals surface area contributed by atoms with Crippen LogP contribution in [0.1, 0.15) is 11.1 Å². The molecule has 0 amide bonds. The van der Waals surface area contributed by atoms with Crippen molar-refractivity contribution in [3.8, 4) is 0 Å². The highest BCUT2D eigenvalue weighted by Crippen LogP contribution is 2.31. The lowest BCUT2D eigenvalue weighted by Crippen LogP contribution is -2.31. The van der Waals surface area contributed by atoms with Crippen molar-refractivity contribution in [3.05, 3.63) is 60.2 Å². The summed E-state index contributed by atoms with van der Waals surface area (Å²) in [6, 6.07) is 8.81. The molecular formula is C12H12FN3. The van der Waals surface area contributed by atoms with Gasteiger partial charge < -0.3 is 5.73 Å². The van der Waals surface area contributed by atoms with Gasteiger partial charge in [-0.2, -0.15) is 0 Å². The first-order valence-corrected chi connectivity index (χ1v) is 4.97. The minimum atomic E-state index is -1.72. The van der Waals surface area contributed by atoms with E-state index >= 15 is 0 Å². The van der Waals surface area contributed by atoms with Crippen LogP contribution >= 0.6 is 0 Å². The van der Waals surface area contributed by atoms with Gasteiger partial charge in [0.15, 0.2) is 5.67 Å². The molecule has 3 nitrogen and oxygen atoms in total. The molecule has 1 aromatic carbocycles. The number of nitrogens with zero attached hydrogens (tertiary/aromatic N) is 2. The third-order valence-corrected chi connectivity index (χ3v) is 2.53. The second-order valence-electron chi connectivity index (χ2n) is 3.50. The Bertz CT molecular complexity index is 405. The molecule has 2 rings (SSSR count). The molecule has 0 saturated carbocycles. The highest BCUT2D eigenvalue weighted by Gasteiger charge is 2.33. The molecule has 4 heteroatoms. The Morgan fingerprint density at radius 3 is 2.25 bits per heavy atom. The molecule has 16 heavy (non-hydrogen) atoms. The Hall–Kier alpha value is -1.81. The zero-order chi connectivity index (χ0) is 11.4. The lowest BCUT2D eigenvalue weighted by molar-refractivity contribution is 0.231. The Balaban J connectivity index is 2.49. The van der Waals surface area contributed by atoms with Gasteiger partial charge in [-0.1, -0.05) is 30.3 Å². The van der Waals surface area contributed by atoms with Crippen LogP contribution in [-0.2, 0) is 5.67 Å². The number of aromatic nitrogens is 2. The maximum atomic E-state index is 14.8. The number of nitrogens with two attached hydrogens (primary N) is 1. The van der Waals surface area contributed by atoms with Crippen molar-refractivity contribution >= 4 is 0 Å². The largest absolute Gasteiger partial charge is 0.327 e. The molecule has 0 aliphatic rings. The molecular weight excluding hydrogens is 205 g/mol. The number of hydrogen-bond acceptors (Lipinski definition) is 3. The van der Waals surface area contributed by atoms with Crippen molar-refractivity contribution in [2.24, 2.45) is 5.73 Å². The van der Waals surface area contributed by atoms with Gasteiger partial charge in [0, 0.05) is 24.5 Å². The van der Waals surface area contributed by atoms with Gasteiger partial charge in [-0.25, -0.2) is 14.4 Å². The van der Waals surface area contributed by atoms with Crippen molar-refractivity contribution in [2.45, 2.75) is 5.67 Å². The van der Waals surface area contributed by atoms with E-state index in [4.69, 9.17) is 5.73 Å². The Morgan fingerprint density at radius 1 is 1.06 bits per heavy atom. The summed E-state index contributed by atoms with van der Waals surface area (Å²) in [4.78, 5) is 7.64. The first-order chi connectivity index (χ1) is 7.77. The lowest BCUT2D eigenvalue weighted by atomic mass is 9.90. The predicted octanol–water partition coefficient (Wildman–Crippen LogP) is 1.65. The minimum Gasteiger partial charge on any atom is -0.327 e. The summed E-state index contributed by atoms with van der Waals surface area (Å²) in [5.74, 6) is 0. The van der Waals surface area contributed by atoms with E-state index in [-0.39, 0.29) is 6.54 Å². The molecule has 0 radical (unpaired) electrons. The number of benzene rings is 1. The standard InChI is InChI=1S/C12H12FN3/c13-12(8-14,10-4-2-1-3-5-10)11-6-15-9-16-7-11/h1-7,9H,8,14H2. The maximum Gasteiger partial charge on any atom is 0.176 e. The molecule has 0 spiro atoms. The average molecular weight is 217 g/mol. The molecule has 1 heterocycles. The molecule has 82 valence electrons. The summed E-state index contributed by atoms with van der Waals surface area (Å²) >= 11 is 0. The van der Waals surface area contributed by atoms with E-state index in [1.165, 1.54) is 18.7 Å². The molecule has 1 aromatic heterocycles. The van der Waals surface area contributed by atoms with Gasteiger partial charge in [-0.3, -0.25) is 0 Å². The summed E-state index contributed by atoms with van der Waals surface area (Å²) in [7, 11) is 0. The Labute approximate surface area is 93.2 Å². The quantitative estimate of drug-likeness (QED) is 0.850. The summed E-state index contributed by atoms with van der Waals surface area (Å²) < 4.78 is 14.8. The van der Waals surface area contributed by atoms with Crippen molar-refractivity contribution in [1.29, 1.82) is 0 Å². The molecule has 2 aromatic rings. The number of rotatable bonds is 3. The Morgan fingerprint density at radius 2 is 1.69 bits per heavy atom. The molecule has 0 saturated heterocycles. The normalized spacial score (nSPS) is 14.4. The average Bonchev–Trinajstić information content (AvgIpc) is 2.40. The first kappa shape index (κ1) is 10.7. The molecule has 2 N–H and O–H groups in total. The van der Waals surface area contributed by atoms with Crippen LogP contribution in [0.4, 0.5) is 4.39 Å². The van der Waals surface area contributed by atoms with Gasteiger partial charge in [0.2, 0.25) is 0 Å². The summed E-state index contributed by atoms with van der Waals surface area (Å²) in [5.41, 5.74) is 4.72. The van der Waals surface area contributed by atoms with E-state index in [1.54, 1.807) is 24.3 Å². The van der Waals surface area contributed by atoms with Crippen molar-refractivity contribution < 1.29 is 4.39 Å². The summed E-state index contributed by atoms with van der Waals surface area (Å²) in [6.07, 6.45) is 4.27. The van der Waals surface area contributed by atoms with Crippen molar-refractivity contribution in [1.82, 2.24) is 9.97 Å². The van der Waals surface area contributed by atoms with Gasteiger partial charge >= 0.3 is 0 Å². The van der Waals surface area contributed by atoms with E-state index in [0.717, 1.165) is 0 Å². The molecule has 1 atom stereocenters. The van der Waals surface area contributed by atoms with Gasteiger partial charge in [0.25, 0.3) is 0 Å². The molecule has 0 aliphatic carbocycles. The number of hydrogen-bond donors (Lipinski definition) is 1. The van der Waals surface area contributed by atoms with E-state index < -0.39 is 5.67 Å². The second kappa shape index (κ2) is 4.37. The summed E-state index contributed by atoms with van der Waals surface area (Å²) in [6.45, 7) is -0.135. The van der Waals surface area contributed by atoms with E-state index in [2.05, 4.69) is 9.97 Å². The zero-order valence-electron chi connectivity index (χ0n) is 8.68. The summed E-state index contributed by atoms with van der Waals surface area (Å²) in [5, 5.41) is 0. The van der Waals surface area contributed by atoms with Crippen LogP contribution in [0.2, 0.25) is 0 Å². The Kier molecular flexibility index (Phi) is 2.92. The topological polar surface area (TPSA) is 51.8 Å². The maximum absolute atomic E-state index is 14.8. The van der Waals surface area contributed by atoms with Crippen LogP contribution in [0.25, 0.3) is 0 Å². The van der Waals surface area contributed by atoms with Gasteiger partial charge in [0.1, 0.15) is 6.33 Å². The van der Waals surface area contributed by atoms with E-state index in [1.807, 2.05) is 6.07 Å². The number of halogens is 1. The zero-order valence-corrected chi connectivity index (χ0v) is 8.68. The SMILES string of the molecule is NCC(F)(c1ccccc1)c1cncnc1. The first-order valence-electron chi connectivity index (χ1n) is 4.97. The van der Waals surface area contributed by atoms with Gasteiger partial charge in [-0.05, 0) is 5.56 Å².